The van der Waals surface area contributed by atoms with Crippen LogP contribution in [0.15, 0.2) is 11.5 Å². The summed E-state index contributed by atoms with van der Waals surface area (Å²) in [6.07, 6.45) is 3.52. The number of thioether (sulfide) groups is 1. The van der Waals surface area contributed by atoms with E-state index in [0.717, 1.165) is 5.25 Å². The molecule has 0 bridgehead atoms. The van der Waals surface area contributed by atoms with Crippen LogP contribution in [-0.4, -0.2) is 5.25 Å². The Bertz CT molecular complexity index is 111. The fraction of sp³-hybridized carbons (Fsp3) is 0.750. The summed E-state index contributed by atoms with van der Waals surface area (Å²) in [7, 11) is 0. The van der Waals surface area contributed by atoms with Crippen molar-refractivity contribution in [1.82, 2.24) is 0 Å². The minimum Gasteiger partial charge on any atom is -0.130 e. The maximum Gasteiger partial charge on any atom is 0.0172 e. The van der Waals surface area contributed by atoms with Gasteiger partial charge in [-0.25, -0.2) is 0 Å². The lowest BCUT2D eigenvalue weighted by Gasteiger charge is -2.25. The normalized spacial score (nSPS) is 27.2. The third-order valence-corrected chi connectivity index (χ3v) is 3.23. The molecule has 1 heterocycles. The van der Waals surface area contributed by atoms with E-state index >= 15 is 0 Å². The SMILES string of the molecule is CC(C)(C)C1CC=CS1. The molecule has 52 valence electrons. The molecule has 1 aliphatic heterocycles. The molecule has 0 aliphatic carbocycles. The second-order valence-corrected chi connectivity index (χ2v) is 4.71. The van der Waals surface area contributed by atoms with Gasteiger partial charge in [0.25, 0.3) is 0 Å². The number of hydrogen-bond acceptors (Lipinski definition) is 1. The van der Waals surface area contributed by atoms with Crippen molar-refractivity contribution in [3.63, 3.8) is 0 Å². The van der Waals surface area contributed by atoms with Crippen molar-refractivity contribution < 1.29 is 0 Å². The van der Waals surface area contributed by atoms with E-state index in [1.807, 2.05) is 11.8 Å². The fourth-order valence-corrected chi connectivity index (χ4v) is 1.99. The number of rotatable bonds is 0. The van der Waals surface area contributed by atoms with Crippen LogP contribution < -0.4 is 0 Å². The highest BCUT2D eigenvalue weighted by molar-refractivity contribution is 8.03. The van der Waals surface area contributed by atoms with E-state index in [9.17, 15) is 0 Å². The van der Waals surface area contributed by atoms with Gasteiger partial charge >= 0.3 is 0 Å². The standard InChI is InChI=1S/C8H14S/c1-8(2,3)7-5-4-6-9-7/h4,6-7H,5H2,1-3H3. The lowest BCUT2D eigenvalue weighted by molar-refractivity contribution is 0.398. The molecule has 1 heteroatoms. The Morgan fingerprint density at radius 2 is 2.11 bits per heavy atom. The molecule has 0 amide bonds. The van der Waals surface area contributed by atoms with Gasteiger partial charge in [-0.3, -0.25) is 0 Å². The molecule has 1 aliphatic rings. The van der Waals surface area contributed by atoms with Crippen molar-refractivity contribution in [3.05, 3.63) is 11.5 Å². The smallest absolute Gasteiger partial charge is 0.0172 e. The van der Waals surface area contributed by atoms with Crippen LogP contribution in [0.4, 0.5) is 0 Å². The molecule has 0 aromatic carbocycles. The average Bonchev–Trinajstić information content (AvgIpc) is 2.08. The van der Waals surface area contributed by atoms with Crippen molar-refractivity contribution in [3.8, 4) is 0 Å². The molecule has 1 atom stereocenters. The summed E-state index contributed by atoms with van der Waals surface area (Å²) in [5.41, 5.74) is 0.480. The summed E-state index contributed by atoms with van der Waals surface area (Å²) in [5.74, 6) is 0. The topological polar surface area (TPSA) is 0 Å². The quantitative estimate of drug-likeness (QED) is 0.501. The van der Waals surface area contributed by atoms with Gasteiger partial charge in [0.05, 0.1) is 0 Å². The molecular formula is C8H14S. The Morgan fingerprint density at radius 3 is 2.33 bits per heavy atom. The van der Waals surface area contributed by atoms with Crippen LogP contribution in [0.5, 0.6) is 0 Å². The molecule has 0 aromatic rings. The zero-order valence-electron chi connectivity index (χ0n) is 6.35. The van der Waals surface area contributed by atoms with Gasteiger partial charge in [-0.2, -0.15) is 0 Å². The van der Waals surface area contributed by atoms with E-state index in [-0.39, 0.29) is 0 Å². The van der Waals surface area contributed by atoms with E-state index in [2.05, 4.69) is 32.3 Å². The van der Waals surface area contributed by atoms with Gasteiger partial charge in [0.15, 0.2) is 0 Å². The van der Waals surface area contributed by atoms with Gasteiger partial charge in [0.2, 0.25) is 0 Å². The molecule has 0 spiro atoms. The molecular weight excluding hydrogens is 128 g/mol. The van der Waals surface area contributed by atoms with Crippen molar-refractivity contribution >= 4 is 11.8 Å². The lowest BCUT2D eigenvalue weighted by atomic mass is 9.90. The molecule has 1 rings (SSSR count). The first-order chi connectivity index (χ1) is 4.11. The number of hydrogen-bond donors (Lipinski definition) is 0. The van der Waals surface area contributed by atoms with Crippen LogP contribution >= 0.6 is 11.8 Å². The second kappa shape index (κ2) is 2.37. The monoisotopic (exact) mass is 142 g/mol. The zero-order chi connectivity index (χ0) is 6.91. The summed E-state index contributed by atoms with van der Waals surface area (Å²) in [5, 5.41) is 3.04. The van der Waals surface area contributed by atoms with E-state index in [0.29, 0.717) is 5.41 Å². The van der Waals surface area contributed by atoms with Crippen LogP contribution in [-0.2, 0) is 0 Å². The molecule has 0 saturated carbocycles. The van der Waals surface area contributed by atoms with Crippen molar-refractivity contribution in [2.24, 2.45) is 5.41 Å². The average molecular weight is 142 g/mol. The summed E-state index contributed by atoms with van der Waals surface area (Å²) in [6.45, 7) is 6.91. The minimum absolute atomic E-state index is 0.480. The Balaban J connectivity index is 2.46. The highest BCUT2D eigenvalue weighted by atomic mass is 32.2. The highest BCUT2D eigenvalue weighted by Gasteiger charge is 2.25. The fourth-order valence-electron chi connectivity index (χ4n) is 0.943. The minimum atomic E-state index is 0.480. The van der Waals surface area contributed by atoms with Crippen LogP contribution in [0.1, 0.15) is 27.2 Å². The van der Waals surface area contributed by atoms with E-state index in [1.165, 1.54) is 6.42 Å². The lowest BCUT2D eigenvalue weighted by Crippen LogP contribution is -2.19. The maximum absolute atomic E-state index is 2.30. The first-order valence-corrected chi connectivity index (χ1v) is 4.35. The van der Waals surface area contributed by atoms with Crippen LogP contribution in [0.3, 0.4) is 0 Å². The first kappa shape index (κ1) is 7.20. The van der Waals surface area contributed by atoms with E-state index in [1.54, 1.807) is 0 Å². The third-order valence-electron chi connectivity index (χ3n) is 1.66. The van der Waals surface area contributed by atoms with Gasteiger partial charge in [-0.05, 0) is 17.2 Å². The van der Waals surface area contributed by atoms with E-state index in [4.69, 9.17) is 0 Å². The Kier molecular flexibility index (Phi) is 1.90. The first-order valence-electron chi connectivity index (χ1n) is 3.41. The van der Waals surface area contributed by atoms with Crippen molar-refractivity contribution in [1.29, 1.82) is 0 Å². The molecule has 0 nitrogen and oxygen atoms in total. The highest BCUT2D eigenvalue weighted by Crippen LogP contribution is 2.37. The summed E-state index contributed by atoms with van der Waals surface area (Å²) < 4.78 is 0. The molecule has 0 N–H and O–H groups in total. The summed E-state index contributed by atoms with van der Waals surface area (Å²) in [4.78, 5) is 0. The zero-order valence-corrected chi connectivity index (χ0v) is 7.16. The van der Waals surface area contributed by atoms with Crippen LogP contribution in [0.2, 0.25) is 0 Å². The molecule has 0 saturated heterocycles. The Labute approximate surface area is 61.7 Å². The summed E-state index contributed by atoms with van der Waals surface area (Å²) in [6, 6.07) is 0. The van der Waals surface area contributed by atoms with Gasteiger partial charge in [0, 0.05) is 5.25 Å². The second-order valence-electron chi connectivity index (χ2n) is 3.60. The molecule has 9 heavy (non-hydrogen) atoms. The largest absolute Gasteiger partial charge is 0.130 e. The van der Waals surface area contributed by atoms with Crippen LogP contribution in [0, 0.1) is 5.41 Å². The molecule has 0 fully saturated rings. The Hall–Kier alpha value is 0.0900. The predicted octanol–water partition coefficient (Wildman–Crippen LogP) is 3.05. The predicted molar refractivity (Wildman–Crippen MR) is 44.6 cm³/mol. The maximum atomic E-state index is 2.30. The molecule has 1 unspecified atom stereocenters. The molecule has 0 radical (unpaired) electrons. The van der Waals surface area contributed by atoms with Crippen molar-refractivity contribution in [2.45, 2.75) is 32.4 Å². The van der Waals surface area contributed by atoms with Crippen LogP contribution in [0.25, 0.3) is 0 Å². The van der Waals surface area contributed by atoms with E-state index < -0.39 is 0 Å². The van der Waals surface area contributed by atoms with Gasteiger partial charge in [0.1, 0.15) is 0 Å². The third kappa shape index (κ3) is 1.75. The van der Waals surface area contributed by atoms with Gasteiger partial charge in [-0.1, -0.05) is 26.8 Å². The Morgan fingerprint density at radius 1 is 1.44 bits per heavy atom. The number of allylic oxidation sites excluding steroid dienone is 1. The van der Waals surface area contributed by atoms with Gasteiger partial charge < -0.3 is 0 Å². The van der Waals surface area contributed by atoms with Gasteiger partial charge in [-0.15, -0.1) is 11.8 Å². The molecule has 0 aromatic heterocycles. The summed E-state index contributed by atoms with van der Waals surface area (Å²) >= 11 is 1.97. The van der Waals surface area contributed by atoms with Crippen molar-refractivity contribution in [2.75, 3.05) is 0 Å².